The largest absolute Gasteiger partial charge is 0.347 e. The molecule has 0 aliphatic heterocycles. The molecule has 0 aliphatic rings. The molecule has 0 heterocycles. The van der Waals surface area contributed by atoms with E-state index in [1.807, 2.05) is 25.1 Å². The summed E-state index contributed by atoms with van der Waals surface area (Å²) in [6.45, 7) is 2.67. The van der Waals surface area contributed by atoms with E-state index in [0.29, 0.717) is 12.1 Å². The average Bonchev–Trinajstić information content (AvgIpc) is 2.37. The maximum absolute atomic E-state index is 12.4. The van der Waals surface area contributed by atoms with E-state index >= 15 is 0 Å². The highest BCUT2D eigenvalue weighted by molar-refractivity contribution is 9.10. The van der Waals surface area contributed by atoms with Crippen LogP contribution in [0, 0.1) is 0 Å². The first-order valence-corrected chi connectivity index (χ1v) is 7.00. The fourth-order valence-electron chi connectivity index (χ4n) is 1.63. The Kier molecular flexibility index (Phi) is 6.02. The molecule has 0 spiro atoms. The summed E-state index contributed by atoms with van der Waals surface area (Å²) in [6.07, 6.45) is 0.816. The van der Waals surface area contributed by atoms with Crippen molar-refractivity contribution in [3.8, 4) is 0 Å². The normalized spacial score (nSPS) is 10.1. The Hall–Kier alpha value is -1.36. The minimum atomic E-state index is -0.121. The van der Waals surface area contributed by atoms with Crippen LogP contribution < -0.4 is 0 Å². The number of rotatable bonds is 5. The Morgan fingerprint density at radius 1 is 1.21 bits per heavy atom. The Morgan fingerprint density at radius 3 is 2.37 bits per heavy atom. The Labute approximate surface area is 122 Å². The molecule has 19 heavy (non-hydrogen) atoms. The fourth-order valence-corrected chi connectivity index (χ4v) is 2.09. The number of hydrogen-bond acceptors (Lipinski definition) is 2. The number of likely N-dealkylation sites (N-methyl/N-ethyl adjacent to an activating group) is 1. The van der Waals surface area contributed by atoms with Gasteiger partial charge in [-0.1, -0.05) is 19.1 Å². The average molecular weight is 327 g/mol. The van der Waals surface area contributed by atoms with Crippen LogP contribution in [0.3, 0.4) is 0 Å². The van der Waals surface area contributed by atoms with Crippen molar-refractivity contribution in [1.29, 1.82) is 0 Å². The topological polar surface area (TPSA) is 40.6 Å². The molecule has 0 saturated carbocycles. The minimum Gasteiger partial charge on any atom is -0.347 e. The third-order valence-corrected chi connectivity index (χ3v) is 3.40. The van der Waals surface area contributed by atoms with Gasteiger partial charge in [0.15, 0.2) is 0 Å². The first kappa shape index (κ1) is 15.7. The molecule has 0 aliphatic carbocycles. The Bertz CT molecular complexity index is 461. The molecular weight excluding hydrogens is 308 g/mol. The SMILES string of the molecule is CCCN(CC(=O)N(C)C)C(=O)c1ccccc1Br. The lowest BCUT2D eigenvalue weighted by atomic mass is 10.2. The van der Waals surface area contributed by atoms with E-state index in [2.05, 4.69) is 15.9 Å². The minimum absolute atomic E-state index is 0.0751. The van der Waals surface area contributed by atoms with Crippen LogP contribution in [0.25, 0.3) is 0 Å². The van der Waals surface area contributed by atoms with Crippen LogP contribution in [0.1, 0.15) is 23.7 Å². The van der Waals surface area contributed by atoms with Crippen LogP contribution in [0.5, 0.6) is 0 Å². The Balaban J connectivity index is 2.90. The van der Waals surface area contributed by atoms with E-state index in [1.54, 1.807) is 25.1 Å². The van der Waals surface area contributed by atoms with Crippen LogP contribution in [0.15, 0.2) is 28.7 Å². The number of amides is 2. The number of benzene rings is 1. The highest BCUT2D eigenvalue weighted by Gasteiger charge is 2.20. The van der Waals surface area contributed by atoms with Gasteiger partial charge in [-0.2, -0.15) is 0 Å². The molecule has 104 valence electrons. The molecule has 1 aromatic carbocycles. The van der Waals surface area contributed by atoms with Crippen molar-refractivity contribution >= 4 is 27.7 Å². The van der Waals surface area contributed by atoms with E-state index in [1.165, 1.54) is 4.90 Å². The fraction of sp³-hybridized carbons (Fsp3) is 0.429. The van der Waals surface area contributed by atoms with Gasteiger partial charge in [0.25, 0.3) is 5.91 Å². The Morgan fingerprint density at radius 2 is 1.84 bits per heavy atom. The molecule has 1 rings (SSSR count). The lowest BCUT2D eigenvalue weighted by molar-refractivity contribution is -0.129. The quantitative estimate of drug-likeness (QED) is 0.833. The zero-order chi connectivity index (χ0) is 14.4. The van der Waals surface area contributed by atoms with Crippen molar-refractivity contribution in [2.45, 2.75) is 13.3 Å². The first-order chi connectivity index (χ1) is 8.97. The summed E-state index contributed by atoms with van der Waals surface area (Å²) < 4.78 is 0.749. The van der Waals surface area contributed by atoms with E-state index in [9.17, 15) is 9.59 Å². The zero-order valence-electron chi connectivity index (χ0n) is 11.5. The molecule has 0 unspecified atom stereocenters. The van der Waals surface area contributed by atoms with Gasteiger partial charge < -0.3 is 9.80 Å². The highest BCUT2D eigenvalue weighted by Crippen LogP contribution is 2.18. The van der Waals surface area contributed by atoms with E-state index in [-0.39, 0.29) is 18.4 Å². The third-order valence-electron chi connectivity index (χ3n) is 2.71. The molecule has 4 nitrogen and oxygen atoms in total. The van der Waals surface area contributed by atoms with Crippen molar-refractivity contribution in [3.05, 3.63) is 34.3 Å². The van der Waals surface area contributed by atoms with E-state index in [0.717, 1.165) is 10.9 Å². The second-order valence-electron chi connectivity index (χ2n) is 4.49. The zero-order valence-corrected chi connectivity index (χ0v) is 13.1. The first-order valence-electron chi connectivity index (χ1n) is 6.21. The molecule has 0 aromatic heterocycles. The molecule has 5 heteroatoms. The number of carbonyl (C=O) groups is 2. The molecule has 2 amide bonds. The van der Waals surface area contributed by atoms with E-state index in [4.69, 9.17) is 0 Å². The van der Waals surface area contributed by atoms with Crippen molar-refractivity contribution in [2.75, 3.05) is 27.2 Å². The van der Waals surface area contributed by atoms with Crippen molar-refractivity contribution < 1.29 is 9.59 Å². The van der Waals surface area contributed by atoms with Gasteiger partial charge in [0.05, 0.1) is 5.56 Å². The van der Waals surface area contributed by atoms with Gasteiger partial charge >= 0.3 is 0 Å². The van der Waals surface area contributed by atoms with Crippen LogP contribution >= 0.6 is 15.9 Å². The molecule has 0 saturated heterocycles. The van der Waals surface area contributed by atoms with Gasteiger partial charge in [0.1, 0.15) is 6.54 Å². The standard InChI is InChI=1S/C14H19BrN2O2/c1-4-9-17(10-13(18)16(2)3)14(19)11-7-5-6-8-12(11)15/h5-8H,4,9-10H2,1-3H3. The van der Waals surface area contributed by atoms with Gasteiger partial charge in [0, 0.05) is 25.1 Å². The van der Waals surface area contributed by atoms with Crippen LogP contribution in [-0.4, -0.2) is 48.8 Å². The summed E-state index contributed by atoms with van der Waals surface area (Å²) in [6, 6.07) is 7.26. The van der Waals surface area contributed by atoms with Crippen LogP contribution in [0.2, 0.25) is 0 Å². The summed E-state index contributed by atoms with van der Waals surface area (Å²) in [5.74, 6) is -0.196. The van der Waals surface area contributed by atoms with Crippen LogP contribution in [0.4, 0.5) is 0 Å². The number of carbonyl (C=O) groups excluding carboxylic acids is 2. The lowest BCUT2D eigenvalue weighted by Crippen LogP contribution is -2.40. The monoisotopic (exact) mass is 326 g/mol. The maximum atomic E-state index is 12.4. The maximum Gasteiger partial charge on any atom is 0.255 e. The van der Waals surface area contributed by atoms with Crippen molar-refractivity contribution in [2.24, 2.45) is 0 Å². The summed E-state index contributed by atoms with van der Waals surface area (Å²) >= 11 is 3.37. The lowest BCUT2D eigenvalue weighted by Gasteiger charge is -2.23. The molecule has 1 aromatic rings. The van der Waals surface area contributed by atoms with Gasteiger partial charge in [-0.25, -0.2) is 0 Å². The van der Waals surface area contributed by atoms with Gasteiger partial charge in [-0.3, -0.25) is 9.59 Å². The predicted octanol–water partition coefficient (Wildman–Crippen LogP) is 2.39. The smallest absolute Gasteiger partial charge is 0.255 e. The molecule has 0 atom stereocenters. The summed E-state index contributed by atoms with van der Waals surface area (Å²) in [5, 5.41) is 0. The molecular formula is C14H19BrN2O2. The molecule has 0 bridgehead atoms. The van der Waals surface area contributed by atoms with Crippen LogP contribution in [-0.2, 0) is 4.79 Å². The van der Waals surface area contributed by atoms with Crippen molar-refractivity contribution in [1.82, 2.24) is 9.80 Å². The second-order valence-corrected chi connectivity index (χ2v) is 5.35. The molecule has 0 N–H and O–H groups in total. The highest BCUT2D eigenvalue weighted by atomic mass is 79.9. The number of halogens is 1. The number of hydrogen-bond donors (Lipinski definition) is 0. The van der Waals surface area contributed by atoms with Gasteiger partial charge in [-0.05, 0) is 34.5 Å². The van der Waals surface area contributed by atoms with Crippen molar-refractivity contribution in [3.63, 3.8) is 0 Å². The van der Waals surface area contributed by atoms with Gasteiger partial charge in [-0.15, -0.1) is 0 Å². The van der Waals surface area contributed by atoms with E-state index < -0.39 is 0 Å². The molecule has 0 fully saturated rings. The number of nitrogens with zero attached hydrogens (tertiary/aromatic N) is 2. The summed E-state index contributed by atoms with van der Waals surface area (Å²) in [7, 11) is 3.38. The summed E-state index contributed by atoms with van der Waals surface area (Å²) in [4.78, 5) is 27.3. The predicted molar refractivity (Wildman–Crippen MR) is 79.0 cm³/mol. The third kappa shape index (κ3) is 4.35. The second kappa shape index (κ2) is 7.28. The van der Waals surface area contributed by atoms with Gasteiger partial charge in [0.2, 0.25) is 5.91 Å². The summed E-state index contributed by atoms with van der Waals surface area (Å²) in [5.41, 5.74) is 0.586. The molecule has 0 radical (unpaired) electrons.